The lowest BCUT2D eigenvalue weighted by Gasteiger charge is -2.23. The van der Waals surface area contributed by atoms with Crippen molar-refractivity contribution in [2.24, 2.45) is 23.7 Å². The summed E-state index contributed by atoms with van der Waals surface area (Å²) in [5, 5.41) is 15.1. The van der Waals surface area contributed by atoms with Gasteiger partial charge < -0.3 is 20.5 Å². The van der Waals surface area contributed by atoms with Crippen LogP contribution in [0.3, 0.4) is 0 Å². The number of fused-ring (bicyclic) bond motifs is 2. The van der Waals surface area contributed by atoms with E-state index in [2.05, 4.69) is 10.6 Å². The quantitative estimate of drug-likeness (QED) is 0.690. The molecule has 2 aliphatic carbocycles. The fourth-order valence-electron chi connectivity index (χ4n) is 4.39. The fraction of sp³-hybridized carbons (Fsp3) is 0.450. The van der Waals surface area contributed by atoms with Crippen molar-refractivity contribution in [1.29, 1.82) is 0 Å². The minimum Gasteiger partial charge on any atom is -0.481 e. The maximum atomic E-state index is 12.7. The number of hydrogen-bond donors (Lipinski definition) is 3. The van der Waals surface area contributed by atoms with Crippen molar-refractivity contribution in [3.8, 4) is 0 Å². The number of nitrogens with one attached hydrogen (secondary N) is 2. The molecule has 1 aromatic carbocycles. The van der Waals surface area contributed by atoms with Crippen molar-refractivity contribution >= 4 is 29.2 Å². The van der Waals surface area contributed by atoms with Gasteiger partial charge in [-0.3, -0.25) is 14.4 Å². The summed E-state index contributed by atoms with van der Waals surface area (Å²) in [6.45, 7) is 0.610. The molecule has 142 valence electrons. The smallest absolute Gasteiger partial charge is 0.307 e. The Morgan fingerprint density at radius 1 is 0.926 bits per heavy atom. The summed E-state index contributed by atoms with van der Waals surface area (Å²) in [4.78, 5) is 36.3. The Morgan fingerprint density at radius 3 is 2.07 bits per heavy atom. The molecule has 5 unspecified atom stereocenters. The Labute approximate surface area is 156 Å². The van der Waals surface area contributed by atoms with Crippen LogP contribution in [0.1, 0.15) is 19.3 Å². The van der Waals surface area contributed by atoms with Crippen molar-refractivity contribution in [3.05, 3.63) is 36.4 Å². The zero-order chi connectivity index (χ0) is 19.0. The van der Waals surface area contributed by atoms with Crippen LogP contribution in [-0.2, 0) is 19.1 Å². The molecule has 2 bridgehead atoms. The Balaban J connectivity index is 1.38. The van der Waals surface area contributed by atoms with E-state index in [1.807, 2.05) is 12.2 Å². The second-order valence-corrected chi connectivity index (χ2v) is 7.40. The summed E-state index contributed by atoms with van der Waals surface area (Å²) < 4.78 is 5.35. The molecule has 3 N–H and O–H groups in total. The van der Waals surface area contributed by atoms with Crippen LogP contribution in [0, 0.1) is 23.7 Å². The summed E-state index contributed by atoms with van der Waals surface area (Å²) in [7, 11) is 0. The van der Waals surface area contributed by atoms with Crippen molar-refractivity contribution in [3.63, 3.8) is 0 Å². The molecule has 1 saturated heterocycles. The van der Waals surface area contributed by atoms with Crippen LogP contribution in [0.5, 0.6) is 0 Å². The van der Waals surface area contributed by atoms with Gasteiger partial charge in [-0.25, -0.2) is 0 Å². The molecule has 2 fully saturated rings. The number of amides is 2. The van der Waals surface area contributed by atoms with Gasteiger partial charge in [0.1, 0.15) is 6.10 Å². The first-order valence-corrected chi connectivity index (χ1v) is 9.27. The number of allylic oxidation sites excluding steroid dienone is 2. The monoisotopic (exact) mass is 370 g/mol. The SMILES string of the molecule is O=C(Nc1ccc(NC(=O)C2C3C=CC(C3)C2C(=O)O)cc1)C1CCCO1. The highest BCUT2D eigenvalue weighted by atomic mass is 16.5. The maximum Gasteiger partial charge on any atom is 0.307 e. The number of carbonyl (C=O) groups excluding carboxylic acids is 2. The lowest BCUT2D eigenvalue weighted by Crippen LogP contribution is -2.36. The zero-order valence-corrected chi connectivity index (χ0v) is 14.8. The molecule has 1 aromatic rings. The molecular weight excluding hydrogens is 348 g/mol. The molecule has 7 heteroatoms. The second-order valence-electron chi connectivity index (χ2n) is 7.40. The van der Waals surface area contributed by atoms with E-state index in [4.69, 9.17) is 4.74 Å². The zero-order valence-electron chi connectivity index (χ0n) is 14.8. The van der Waals surface area contributed by atoms with E-state index in [0.29, 0.717) is 18.0 Å². The number of carbonyl (C=O) groups is 3. The molecule has 3 aliphatic rings. The van der Waals surface area contributed by atoms with Gasteiger partial charge in [0.15, 0.2) is 0 Å². The van der Waals surface area contributed by atoms with Crippen LogP contribution in [0.2, 0.25) is 0 Å². The molecule has 0 radical (unpaired) electrons. The van der Waals surface area contributed by atoms with Gasteiger partial charge in [-0.2, -0.15) is 0 Å². The predicted molar refractivity (Wildman–Crippen MR) is 98.0 cm³/mol. The van der Waals surface area contributed by atoms with Crippen LogP contribution < -0.4 is 10.6 Å². The number of ether oxygens (including phenoxy) is 1. The van der Waals surface area contributed by atoms with Gasteiger partial charge in [0.2, 0.25) is 5.91 Å². The molecule has 0 aromatic heterocycles. The Morgan fingerprint density at radius 2 is 1.52 bits per heavy atom. The topological polar surface area (TPSA) is 105 Å². The fourth-order valence-corrected chi connectivity index (χ4v) is 4.39. The van der Waals surface area contributed by atoms with Crippen LogP contribution >= 0.6 is 0 Å². The largest absolute Gasteiger partial charge is 0.481 e. The molecule has 5 atom stereocenters. The Kier molecular flexibility index (Phi) is 4.70. The van der Waals surface area contributed by atoms with Gasteiger partial charge in [0.25, 0.3) is 5.91 Å². The van der Waals surface area contributed by atoms with Gasteiger partial charge in [0, 0.05) is 18.0 Å². The summed E-state index contributed by atoms with van der Waals surface area (Å²) in [5.41, 5.74) is 1.20. The third kappa shape index (κ3) is 3.47. The van der Waals surface area contributed by atoms with E-state index in [0.717, 1.165) is 19.3 Å². The van der Waals surface area contributed by atoms with Crippen LogP contribution in [0.4, 0.5) is 11.4 Å². The number of anilines is 2. The average molecular weight is 370 g/mol. The second kappa shape index (κ2) is 7.15. The standard InChI is InChI=1S/C20H22N2O5/c23-18(15-2-1-9-27-15)21-13-5-7-14(8-6-13)22-19(24)16-11-3-4-12(10-11)17(16)20(25)26/h3-8,11-12,15-17H,1-2,9-10H2,(H,21,23)(H,22,24)(H,25,26). The summed E-state index contributed by atoms with van der Waals surface area (Å²) in [6, 6.07) is 6.80. The van der Waals surface area contributed by atoms with Gasteiger partial charge in [-0.15, -0.1) is 0 Å². The normalized spacial score (nSPS) is 31.0. The van der Waals surface area contributed by atoms with Gasteiger partial charge in [-0.05, 0) is 55.4 Å². The third-order valence-electron chi connectivity index (χ3n) is 5.69. The first-order valence-electron chi connectivity index (χ1n) is 9.27. The van der Waals surface area contributed by atoms with E-state index in [1.165, 1.54) is 0 Å². The maximum absolute atomic E-state index is 12.7. The summed E-state index contributed by atoms with van der Waals surface area (Å²) in [6.07, 6.45) is 5.81. The number of rotatable bonds is 5. The molecule has 27 heavy (non-hydrogen) atoms. The lowest BCUT2D eigenvalue weighted by molar-refractivity contribution is -0.146. The van der Waals surface area contributed by atoms with Crippen molar-refractivity contribution in [1.82, 2.24) is 0 Å². The Hall–Kier alpha value is -2.67. The highest BCUT2D eigenvalue weighted by Crippen LogP contribution is 2.48. The number of carboxylic acids is 1. The molecule has 7 nitrogen and oxygen atoms in total. The van der Waals surface area contributed by atoms with Crippen LogP contribution in [-0.4, -0.2) is 35.6 Å². The molecule has 4 rings (SSSR count). The van der Waals surface area contributed by atoms with E-state index in [9.17, 15) is 19.5 Å². The number of benzene rings is 1. The van der Waals surface area contributed by atoms with Gasteiger partial charge >= 0.3 is 5.97 Å². The Bertz CT molecular complexity index is 782. The minimum absolute atomic E-state index is 0.0129. The number of hydrogen-bond acceptors (Lipinski definition) is 4. The molecule has 1 saturated carbocycles. The van der Waals surface area contributed by atoms with Crippen molar-refractivity contribution < 1.29 is 24.2 Å². The molecular formula is C20H22N2O5. The van der Waals surface area contributed by atoms with E-state index >= 15 is 0 Å². The van der Waals surface area contributed by atoms with Gasteiger partial charge in [0.05, 0.1) is 11.8 Å². The average Bonchev–Trinajstić information content (AvgIpc) is 3.39. The summed E-state index contributed by atoms with van der Waals surface area (Å²) in [5.74, 6) is -2.63. The number of carboxylic acid groups (broad SMARTS) is 1. The first kappa shape index (κ1) is 17.7. The van der Waals surface area contributed by atoms with Crippen LogP contribution in [0.15, 0.2) is 36.4 Å². The highest BCUT2D eigenvalue weighted by molar-refractivity contribution is 5.97. The van der Waals surface area contributed by atoms with Gasteiger partial charge in [-0.1, -0.05) is 12.2 Å². The number of aliphatic carboxylic acids is 1. The minimum atomic E-state index is -0.917. The first-order chi connectivity index (χ1) is 13.0. The van der Waals surface area contributed by atoms with Crippen molar-refractivity contribution in [2.75, 3.05) is 17.2 Å². The molecule has 2 amide bonds. The van der Waals surface area contributed by atoms with E-state index < -0.39 is 23.9 Å². The molecule has 1 aliphatic heterocycles. The van der Waals surface area contributed by atoms with Crippen LogP contribution in [0.25, 0.3) is 0 Å². The molecule has 1 heterocycles. The highest BCUT2D eigenvalue weighted by Gasteiger charge is 2.51. The molecule has 0 spiro atoms. The summed E-state index contributed by atoms with van der Waals surface area (Å²) >= 11 is 0. The lowest BCUT2D eigenvalue weighted by atomic mass is 9.82. The third-order valence-corrected chi connectivity index (χ3v) is 5.69. The van der Waals surface area contributed by atoms with E-state index in [-0.39, 0.29) is 23.7 Å². The predicted octanol–water partition coefficient (Wildman–Crippen LogP) is 2.27. The van der Waals surface area contributed by atoms with Crippen molar-refractivity contribution in [2.45, 2.75) is 25.4 Å². The van der Waals surface area contributed by atoms with E-state index in [1.54, 1.807) is 24.3 Å².